The van der Waals surface area contributed by atoms with Gasteiger partial charge in [-0.2, -0.15) is 0 Å². The lowest BCUT2D eigenvalue weighted by Gasteiger charge is -2.20. The molecule has 0 amide bonds. The maximum atomic E-state index is 12.1. The van der Waals surface area contributed by atoms with E-state index in [-0.39, 0.29) is 12.0 Å². The lowest BCUT2D eigenvalue weighted by atomic mass is 9.86. The number of nitrogens with zero attached hydrogens (tertiary/aromatic N) is 1. The largest absolute Gasteiger partial charge is 0.374 e. The minimum absolute atomic E-state index is 0.0983. The molecule has 0 N–H and O–H groups in total. The van der Waals surface area contributed by atoms with E-state index in [2.05, 4.69) is 37.9 Å². The molecule has 0 unspecified atom stereocenters. The Morgan fingerprint density at radius 1 is 1.21 bits per heavy atom. The van der Waals surface area contributed by atoms with E-state index >= 15 is 0 Å². The van der Waals surface area contributed by atoms with Crippen LogP contribution in [-0.4, -0.2) is 18.3 Å². The summed E-state index contributed by atoms with van der Waals surface area (Å²) < 4.78 is 17.4. The Morgan fingerprint density at radius 3 is 2.68 bits per heavy atom. The maximum Gasteiger partial charge on any atom is 0.113 e. The summed E-state index contributed by atoms with van der Waals surface area (Å²) >= 11 is 0. The highest BCUT2D eigenvalue weighted by Gasteiger charge is 2.14. The number of hydrogen-bond donors (Lipinski definition) is 0. The van der Waals surface area contributed by atoms with Crippen molar-refractivity contribution < 1.29 is 9.13 Å². The van der Waals surface area contributed by atoms with Crippen LogP contribution in [0.4, 0.5) is 4.39 Å². The highest BCUT2D eigenvalue weighted by atomic mass is 19.1. The fourth-order valence-corrected chi connectivity index (χ4v) is 2.03. The highest BCUT2D eigenvalue weighted by molar-refractivity contribution is 5.82. The van der Waals surface area contributed by atoms with E-state index < -0.39 is 6.67 Å². The molecule has 0 fully saturated rings. The SMILES string of the molecule is CC(C)(C)c1ccc2nccc(COCCF)c2c1. The molecule has 0 aliphatic heterocycles. The van der Waals surface area contributed by atoms with E-state index in [1.54, 1.807) is 6.20 Å². The van der Waals surface area contributed by atoms with Crippen LogP contribution in [0.25, 0.3) is 10.9 Å². The van der Waals surface area contributed by atoms with Crippen LogP contribution in [0.15, 0.2) is 30.5 Å². The van der Waals surface area contributed by atoms with E-state index in [1.807, 2.05) is 12.1 Å². The first-order valence-corrected chi connectivity index (χ1v) is 6.54. The zero-order valence-electron chi connectivity index (χ0n) is 11.7. The normalized spacial score (nSPS) is 12.0. The Balaban J connectivity index is 2.40. The van der Waals surface area contributed by atoms with Crippen molar-refractivity contribution in [3.05, 3.63) is 41.6 Å². The van der Waals surface area contributed by atoms with Crippen LogP contribution < -0.4 is 0 Å². The molecule has 0 spiro atoms. The smallest absolute Gasteiger partial charge is 0.113 e. The first-order valence-electron chi connectivity index (χ1n) is 6.54. The first kappa shape index (κ1) is 13.9. The number of fused-ring (bicyclic) bond motifs is 1. The molecular formula is C16H20FNO. The number of ether oxygens (including phenoxy) is 1. The van der Waals surface area contributed by atoms with Crippen LogP contribution in [0.3, 0.4) is 0 Å². The molecule has 2 nitrogen and oxygen atoms in total. The number of aromatic nitrogens is 1. The zero-order valence-corrected chi connectivity index (χ0v) is 11.7. The van der Waals surface area contributed by atoms with Crippen molar-refractivity contribution in [3.8, 4) is 0 Å². The quantitative estimate of drug-likeness (QED) is 0.775. The number of rotatable bonds is 4. The van der Waals surface area contributed by atoms with E-state index in [9.17, 15) is 4.39 Å². The number of hydrogen-bond acceptors (Lipinski definition) is 2. The zero-order chi connectivity index (χ0) is 13.9. The third-order valence-corrected chi connectivity index (χ3v) is 3.18. The lowest BCUT2D eigenvalue weighted by Crippen LogP contribution is -2.11. The topological polar surface area (TPSA) is 22.1 Å². The van der Waals surface area contributed by atoms with Crippen molar-refractivity contribution >= 4 is 10.9 Å². The van der Waals surface area contributed by atoms with E-state index in [4.69, 9.17) is 4.74 Å². The molecule has 1 heterocycles. The van der Waals surface area contributed by atoms with Crippen LogP contribution in [-0.2, 0) is 16.8 Å². The standard InChI is InChI=1S/C16H20FNO/c1-16(2,3)13-4-5-15-14(10-13)12(6-8-18-15)11-19-9-7-17/h4-6,8,10H,7,9,11H2,1-3H3. The van der Waals surface area contributed by atoms with Crippen molar-refractivity contribution in [2.45, 2.75) is 32.8 Å². The van der Waals surface area contributed by atoms with Gasteiger partial charge in [-0.05, 0) is 34.7 Å². The molecule has 1 aromatic carbocycles. The average molecular weight is 261 g/mol. The Labute approximate surface area is 113 Å². The summed E-state index contributed by atoms with van der Waals surface area (Å²) in [6.07, 6.45) is 1.77. The molecule has 1 aromatic heterocycles. The molecule has 0 aliphatic rings. The summed E-state index contributed by atoms with van der Waals surface area (Å²) in [5, 5.41) is 1.09. The molecule has 2 aromatic rings. The van der Waals surface area contributed by atoms with Crippen molar-refractivity contribution in [2.75, 3.05) is 13.3 Å². The third-order valence-electron chi connectivity index (χ3n) is 3.18. The predicted octanol–water partition coefficient (Wildman–Crippen LogP) is 4.02. The lowest BCUT2D eigenvalue weighted by molar-refractivity contribution is 0.107. The van der Waals surface area contributed by atoms with Crippen LogP contribution in [0, 0.1) is 0 Å². The number of pyridine rings is 1. The Bertz CT molecular complexity index is 560. The molecular weight excluding hydrogens is 241 g/mol. The minimum atomic E-state index is -0.448. The van der Waals surface area contributed by atoms with Gasteiger partial charge in [0.1, 0.15) is 6.67 Å². The molecule has 0 saturated carbocycles. The molecule has 3 heteroatoms. The van der Waals surface area contributed by atoms with Gasteiger partial charge in [0, 0.05) is 11.6 Å². The van der Waals surface area contributed by atoms with Crippen LogP contribution >= 0.6 is 0 Å². The van der Waals surface area contributed by atoms with Gasteiger partial charge in [0.05, 0.1) is 18.7 Å². The van der Waals surface area contributed by atoms with Crippen LogP contribution in [0.1, 0.15) is 31.9 Å². The van der Waals surface area contributed by atoms with Gasteiger partial charge in [-0.25, -0.2) is 4.39 Å². The van der Waals surface area contributed by atoms with Gasteiger partial charge in [0.25, 0.3) is 0 Å². The highest BCUT2D eigenvalue weighted by Crippen LogP contribution is 2.27. The Kier molecular flexibility index (Phi) is 4.15. The molecule has 0 atom stereocenters. The number of benzene rings is 1. The summed E-state index contributed by atoms with van der Waals surface area (Å²) in [5.74, 6) is 0. The molecule has 0 saturated heterocycles. The minimum Gasteiger partial charge on any atom is -0.374 e. The van der Waals surface area contributed by atoms with Gasteiger partial charge in [0.2, 0.25) is 0 Å². The fraction of sp³-hybridized carbons (Fsp3) is 0.438. The molecule has 0 bridgehead atoms. The average Bonchev–Trinajstić information content (AvgIpc) is 2.37. The second-order valence-corrected chi connectivity index (χ2v) is 5.69. The van der Waals surface area contributed by atoms with Crippen molar-refractivity contribution in [3.63, 3.8) is 0 Å². The van der Waals surface area contributed by atoms with Crippen molar-refractivity contribution in [1.29, 1.82) is 0 Å². The summed E-state index contributed by atoms with van der Waals surface area (Å²) in [6.45, 7) is 6.67. The van der Waals surface area contributed by atoms with Crippen LogP contribution in [0.5, 0.6) is 0 Å². The van der Waals surface area contributed by atoms with E-state index in [1.165, 1.54) is 5.56 Å². The van der Waals surface area contributed by atoms with Gasteiger partial charge in [0.15, 0.2) is 0 Å². The first-order chi connectivity index (χ1) is 9.02. The maximum absolute atomic E-state index is 12.1. The van der Waals surface area contributed by atoms with Crippen LogP contribution in [0.2, 0.25) is 0 Å². The van der Waals surface area contributed by atoms with Crippen molar-refractivity contribution in [2.24, 2.45) is 0 Å². The predicted molar refractivity (Wildman–Crippen MR) is 76.1 cm³/mol. The summed E-state index contributed by atoms with van der Waals surface area (Å²) in [7, 11) is 0. The summed E-state index contributed by atoms with van der Waals surface area (Å²) in [4.78, 5) is 4.36. The van der Waals surface area contributed by atoms with E-state index in [0.29, 0.717) is 6.61 Å². The monoisotopic (exact) mass is 261 g/mol. The van der Waals surface area contributed by atoms with Gasteiger partial charge in [-0.15, -0.1) is 0 Å². The number of halogens is 1. The fourth-order valence-electron chi connectivity index (χ4n) is 2.03. The Morgan fingerprint density at radius 2 is 2.00 bits per heavy atom. The van der Waals surface area contributed by atoms with Gasteiger partial charge in [-0.3, -0.25) is 4.98 Å². The second kappa shape index (κ2) is 5.66. The summed E-state index contributed by atoms with van der Waals surface area (Å²) in [6, 6.07) is 8.25. The molecule has 0 aliphatic carbocycles. The van der Waals surface area contributed by atoms with Crippen molar-refractivity contribution in [1.82, 2.24) is 4.98 Å². The van der Waals surface area contributed by atoms with Gasteiger partial charge >= 0.3 is 0 Å². The second-order valence-electron chi connectivity index (χ2n) is 5.69. The Hall–Kier alpha value is -1.48. The van der Waals surface area contributed by atoms with Gasteiger partial charge in [-0.1, -0.05) is 26.8 Å². The molecule has 19 heavy (non-hydrogen) atoms. The number of alkyl halides is 1. The van der Waals surface area contributed by atoms with E-state index in [0.717, 1.165) is 16.5 Å². The summed E-state index contributed by atoms with van der Waals surface area (Å²) in [5.41, 5.74) is 3.37. The molecule has 102 valence electrons. The molecule has 0 radical (unpaired) electrons. The van der Waals surface area contributed by atoms with Gasteiger partial charge < -0.3 is 4.74 Å². The third kappa shape index (κ3) is 3.29. The molecule has 2 rings (SSSR count).